The molecule has 3 nitrogen and oxygen atoms in total. The largest absolute Gasteiger partial charge is 0.495 e. The molecule has 0 radical (unpaired) electrons. The molecule has 0 aliphatic heterocycles. The third-order valence-electron chi connectivity index (χ3n) is 4.04. The van der Waals surface area contributed by atoms with E-state index >= 15 is 0 Å². The van der Waals surface area contributed by atoms with E-state index in [1.165, 1.54) is 0 Å². The van der Waals surface area contributed by atoms with Gasteiger partial charge in [-0.25, -0.2) is 0 Å². The highest BCUT2D eigenvalue weighted by molar-refractivity contribution is 6.32. The smallest absolute Gasteiger partial charge is 0.139 e. The number of anilines is 1. The Morgan fingerprint density at radius 3 is 2.74 bits per heavy atom. The molecule has 0 saturated heterocycles. The SMILES string of the molecule is CCOC1CC(Nc2ccc(Cl)c(OC)c2)C1(C)C. The maximum absolute atomic E-state index is 6.03. The van der Waals surface area contributed by atoms with Gasteiger partial charge in [-0.05, 0) is 25.5 Å². The number of ether oxygens (including phenoxy) is 2. The minimum absolute atomic E-state index is 0.142. The van der Waals surface area contributed by atoms with Crippen LogP contribution in [0.4, 0.5) is 5.69 Å². The highest BCUT2D eigenvalue weighted by Gasteiger charge is 2.48. The second-order valence-corrected chi connectivity index (χ2v) is 5.95. The molecule has 1 saturated carbocycles. The molecule has 0 bridgehead atoms. The summed E-state index contributed by atoms with van der Waals surface area (Å²) in [6.45, 7) is 7.29. The Balaban J connectivity index is 2.03. The van der Waals surface area contributed by atoms with Crippen LogP contribution in [0.25, 0.3) is 0 Å². The van der Waals surface area contributed by atoms with E-state index in [-0.39, 0.29) is 5.41 Å². The molecule has 1 aromatic carbocycles. The lowest BCUT2D eigenvalue weighted by atomic mass is 9.64. The van der Waals surface area contributed by atoms with Crippen molar-refractivity contribution in [1.82, 2.24) is 0 Å². The van der Waals surface area contributed by atoms with Gasteiger partial charge in [-0.3, -0.25) is 0 Å². The lowest BCUT2D eigenvalue weighted by Gasteiger charge is -2.52. The summed E-state index contributed by atoms with van der Waals surface area (Å²) >= 11 is 6.03. The summed E-state index contributed by atoms with van der Waals surface area (Å²) in [7, 11) is 1.63. The first kappa shape index (κ1) is 14.5. The highest BCUT2D eigenvalue weighted by atomic mass is 35.5. The van der Waals surface area contributed by atoms with E-state index in [4.69, 9.17) is 21.1 Å². The number of nitrogens with one attached hydrogen (secondary N) is 1. The molecule has 1 aromatic rings. The van der Waals surface area contributed by atoms with Crippen LogP contribution < -0.4 is 10.1 Å². The standard InChI is InChI=1S/C15H22ClNO2/c1-5-19-14-9-13(15(14,2)3)17-10-6-7-11(16)12(8-10)18-4/h6-8,13-14,17H,5,9H2,1-4H3. The molecule has 0 heterocycles. The van der Waals surface area contributed by atoms with Gasteiger partial charge in [0.15, 0.2) is 0 Å². The lowest BCUT2D eigenvalue weighted by molar-refractivity contribution is -0.0975. The maximum atomic E-state index is 6.03. The molecule has 1 N–H and O–H groups in total. The van der Waals surface area contributed by atoms with Crippen LogP contribution in [0.2, 0.25) is 5.02 Å². The van der Waals surface area contributed by atoms with Crippen molar-refractivity contribution in [3.63, 3.8) is 0 Å². The third kappa shape index (κ3) is 2.82. The monoisotopic (exact) mass is 283 g/mol. The summed E-state index contributed by atoms with van der Waals surface area (Å²) in [4.78, 5) is 0. The van der Waals surface area contributed by atoms with E-state index in [0.29, 0.717) is 22.9 Å². The van der Waals surface area contributed by atoms with Crippen LogP contribution in [0.15, 0.2) is 18.2 Å². The molecule has 0 aromatic heterocycles. The van der Waals surface area contributed by atoms with Gasteiger partial charge in [-0.2, -0.15) is 0 Å². The number of rotatable bonds is 5. The second-order valence-electron chi connectivity index (χ2n) is 5.55. The van der Waals surface area contributed by atoms with Crippen molar-refractivity contribution in [2.24, 2.45) is 5.41 Å². The van der Waals surface area contributed by atoms with Gasteiger partial charge < -0.3 is 14.8 Å². The van der Waals surface area contributed by atoms with Crippen LogP contribution in [0.1, 0.15) is 27.2 Å². The average Bonchev–Trinajstić information content (AvgIpc) is 2.39. The first-order chi connectivity index (χ1) is 8.98. The summed E-state index contributed by atoms with van der Waals surface area (Å²) in [5.74, 6) is 0.699. The fraction of sp³-hybridized carbons (Fsp3) is 0.600. The molecule has 1 aliphatic carbocycles. The summed E-state index contributed by atoms with van der Waals surface area (Å²) in [6.07, 6.45) is 1.37. The molecule has 2 rings (SSSR count). The van der Waals surface area contributed by atoms with Crippen molar-refractivity contribution in [1.29, 1.82) is 0 Å². The Morgan fingerprint density at radius 1 is 1.42 bits per heavy atom. The number of halogens is 1. The van der Waals surface area contributed by atoms with E-state index in [2.05, 4.69) is 19.2 Å². The predicted octanol–water partition coefficient (Wildman–Crippen LogP) is 3.96. The minimum atomic E-state index is 0.142. The van der Waals surface area contributed by atoms with Crippen LogP contribution in [-0.2, 0) is 4.74 Å². The Hall–Kier alpha value is -0.930. The van der Waals surface area contributed by atoms with Crippen LogP contribution in [0.3, 0.4) is 0 Å². The van der Waals surface area contributed by atoms with E-state index in [0.717, 1.165) is 18.7 Å². The molecule has 19 heavy (non-hydrogen) atoms. The van der Waals surface area contributed by atoms with Gasteiger partial charge in [0.2, 0.25) is 0 Å². The summed E-state index contributed by atoms with van der Waals surface area (Å²) in [5.41, 5.74) is 1.18. The van der Waals surface area contributed by atoms with Crippen LogP contribution >= 0.6 is 11.6 Å². The second kappa shape index (κ2) is 5.59. The van der Waals surface area contributed by atoms with E-state index in [9.17, 15) is 0 Å². The Bertz CT molecular complexity index is 448. The zero-order chi connectivity index (χ0) is 14.0. The average molecular weight is 284 g/mol. The molecule has 2 atom stereocenters. The van der Waals surface area contributed by atoms with Gasteiger partial charge in [0.1, 0.15) is 5.75 Å². The molecule has 2 unspecified atom stereocenters. The molecule has 0 spiro atoms. The van der Waals surface area contributed by atoms with Crippen LogP contribution in [0.5, 0.6) is 5.75 Å². The van der Waals surface area contributed by atoms with Gasteiger partial charge >= 0.3 is 0 Å². The number of hydrogen-bond acceptors (Lipinski definition) is 3. The van der Waals surface area contributed by atoms with Gasteiger partial charge in [-0.15, -0.1) is 0 Å². The number of benzene rings is 1. The number of hydrogen-bond donors (Lipinski definition) is 1. The van der Waals surface area contributed by atoms with Crippen molar-refractivity contribution in [2.45, 2.75) is 39.3 Å². The quantitative estimate of drug-likeness (QED) is 0.887. The lowest BCUT2D eigenvalue weighted by Crippen LogP contribution is -2.58. The highest BCUT2D eigenvalue weighted by Crippen LogP contribution is 2.44. The van der Waals surface area contributed by atoms with E-state index in [1.54, 1.807) is 7.11 Å². The van der Waals surface area contributed by atoms with E-state index in [1.807, 2.05) is 25.1 Å². The number of methoxy groups -OCH3 is 1. The minimum Gasteiger partial charge on any atom is -0.495 e. The van der Waals surface area contributed by atoms with Gasteiger partial charge in [-0.1, -0.05) is 25.4 Å². The topological polar surface area (TPSA) is 30.5 Å². The van der Waals surface area contributed by atoms with Crippen molar-refractivity contribution in [2.75, 3.05) is 19.0 Å². The van der Waals surface area contributed by atoms with E-state index < -0.39 is 0 Å². The third-order valence-corrected chi connectivity index (χ3v) is 4.35. The molecule has 106 valence electrons. The molecule has 1 aliphatic rings. The van der Waals surface area contributed by atoms with Crippen molar-refractivity contribution < 1.29 is 9.47 Å². The molecular weight excluding hydrogens is 262 g/mol. The zero-order valence-corrected chi connectivity index (χ0v) is 12.8. The van der Waals surface area contributed by atoms with Gasteiger partial charge in [0.25, 0.3) is 0 Å². The molecule has 1 fully saturated rings. The van der Waals surface area contributed by atoms with Crippen molar-refractivity contribution in [3.8, 4) is 5.75 Å². The predicted molar refractivity (Wildman–Crippen MR) is 79.2 cm³/mol. The summed E-state index contributed by atoms with van der Waals surface area (Å²) in [6, 6.07) is 6.19. The molecule has 0 amide bonds. The molecular formula is C15H22ClNO2. The summed E-state index contributed by atoms with van der Waals surface area (Å²) in [5, 5.41) is 4.17. The zero-order valence-electron chi connectivity index (χ0n) is 12.0. The van der Waals surface area contributed by atoms with Gasteiger partial charge in [0.05, 0.1) is 18.2 Å². The fourth-order valence-electron chi connectivity index (χ4n) is 2.57. The van der Waals surface area contributed by atoms with Crippen molar-refractivity contribution >= 4 is 17.3 Å². The Kier molecular flexibility index (Phi) is 4.26. The van der Waals surface area contributed by atoms with Crippen molar-refractivity contribution in [3.05, 3.63) is 23.2 Å². The molecule has 4 heteroatoms. The first-order valence-electron chi connectivity index (χ1n) is 6.70. The van der Waals surface area contributed by atoms with Crippen LogP contribution in [0, 0.1) is 5.41 Å². The van der Waals surface area contributed by atoms with Gasteiger partial charge in [0, 0.05) is 29.8 Å². The first-order valence-corrected chi connectivity index (χ1v) is 7.08. The normalized spacial score (nSPS) is 24.7. The maximum Gasteiger partial charge on any atom is 0.139 e. The summed E-state index contributed by atoms with van der Waals surface area (Å²) < 4.78 is 11.0. The fourth-order valence-corrected chi connectivity index (χ4v) is 2.76. The van der Waals surface area contributed by atoms with Crippen LogP contribution in [-0.4, -0.2) is 25.9 Å². The Morgan fingerprint density at radius 2 is 2.16 bits per heavy atom. The Labute approximate surface area is 120 Å².